The second-order valence-corrected chi connectivity index (χ2v) is 5.80. The van der Waals surface area contributed by atoms with Crippen LogP contribution >= 0.6 is 0 Å². The van der Waals surface area contributed by atoms with Crippen molar-refractivity contribution in [2.45, 2.75) is 24.7 Å². The van der Waals surface area contributed by atoms with Crippen LogP contribution in [-0.2, 0) is 15.8 Å². The standard InChI is InChI=1S/C14H19NO5S/c1-11-4-5-12(21(17)18)10-13(11)19-8-9-20-14(16)15-6-2-3-7-15/h4-5,10H,2-3,6-9H2,1H3,(H,17,18). The molecule has 1 heterocycles. The summed E-state index contributed by atoms with van der Waals surface area (Å²) >= 11 is -2.04. The Morgan fingerprint density at radius 3 is 2.71 bits per heavy atom. The van der Waals surface area contributed by atoms with E-state index < -0.39 is 11.1 Å². The van der Waals surface area contributed by atoms with E-state index >= 15 is 0 Å². The summed E-state index contributed by atoms with van der Waals surface area (Å²) < 4.78 is 30.7. The average molecular weight is 313 g/mol. The molecule has 1 atom stereocenters. The summed E-state index contributed by atoms with van der Waals surface area (Å²) in [6, 6.07) is 4.81. The van der Waals surface area contributed by atoms with Crippen LogP contribution in [-0.4, -0.2) is 46.1 Å². The molecule has 0 bridgehead atoms. The van der Waals surface area contributed by atoms with Crippen LogP contribution in [0.25, 0.3) is 0 Å². The number of carbonyl (C=O) groups is 1. The van der Waals surface area contributed by atoms with E-state index in [1.165, 1.54) is 6.07 Å². The molecule has 1 amide bonds. The van der Waals surface area contributed by atoms with Gasteiger partial charge in [0.1, 0.15) is 19.0 Å². The Morgan fingerprint density at radius 1 is 1.33 bits per heavy atom. The third kappa shape index (κ3) is 4.44. The molecule has 1 fully saturated rings. The maximum Gasteiger partial charge on any atom is 0.409 e. The Bertz CT molecular complexity index is 528. The van der Waals surface area contributed by atoms with Crippen molar-refractivity contribution in [3.05, 3.63) is 23.8 Å². The van der Waals surface area contributed by atoms with Crippen molar-refractivity contribution in [3.8, 4) is 5.75 Å². The third-order valence-electron chi connectivity index (χ3n) is 3.29. The first-order chi connectivity index (χ1) is 10.1. The van der Waals surface area contributed by atoms with Crippen LogP contribution in [0.1, 0.15) is 18.4 Å². The topological polar surface area (TPSA) is 76.1 Å². The normalized spacial score (nSPS) is 15.8. The molecule has 7 heteroatoms. The molecule has 1 aromatic carbocycles. The Morgan fingerprint density at radius 2 is 2.05 bits per heavy atom. The summed E-state index contributed by atoms with van der Waals surface area (Å²) in [7, 11) is 0. The highest BCUT2D eigenvalue weighted by Crippen LogP contribution is 2.21. The number of nitrogens with zero attached hydrogens (tertiary/aromatic N) is 1. The number of ether oxygens (including phenoxy) is 2. The molecule has 116 valence electrons. The first-order valence-corrected chi connectivity index (χ1v) is 7.94. The van der Waals surface area contributed by atoms with Crippen molar-refractivity contribution in [2.24, 2.45) is 0 Å². The van der Waals surface area contributed by atoms with Gasteiger partial charge in [-0.2, -0.15) is 0 Å². The minimum atomic E-state index is -2.04. The number of benzene rings is 1. The third-order valence-corrected chi connectivity index (χ3v) is 3.95. The molecule has 21 heavy (non-hydrogen) atoms. The summed E-state index contributed by atoms with van der Waals surface area (Å²) in [4.78, 5) is 13.6. The fourth-order valence-corrected chi connectivity index (χ4v) is 2.51. The molecule has 1 aromatic rings. The zero-order valence-electron chi connectivity index (χ0n) is 11.9. The molecule has 0 aliphatic carbocycles. The van der Waals surface area contributed by atoms with Crippen LogP contribution < -0.4 is 4.74 Å². The van der Waals surface area contributed by atoms with Gasteiger partial charge in [0.25, 0.3) is 0 Å². The Kier molecular flexibility index (Phi) is 5.58. The second kappa shape index (κ2) is 7.42. The molecular formula is C14H19NO5S. The minimum Gasteiger partial charge on any atom is -0.490 e. The SMILES string of the molecule is Cc1ccc(S(=O)O)cc1OCCOC(=O)N1CCCC1. The predicted octanol–water partition coefficient (Wildman–Crippen LogP) is 2.19. The summed E-state index contributed by atoms with van der Waals surface area (Å²) in [6.45, 7) is 3.71. The highest BCUT2D eigenvalue weighted by molar-refractivity contribution is 7.79. The van der Waals surface area contributed by atoms with Gasteiger partial charge in [0.15, 0.2) is 11.1 Å². The molecule has 0 saturated carbocycles. The second-order valence-electron chi connectivity index (χ2n) is 4.83. The Labute approximate surface area is 126 Å². The first-order valence-electron chi connectivity index (χ1n) is 6.84. The van der Waals surface area contributed by atoms with Crippen LogP contribution in [0.15, 0.2) is 23.1 Å². The number of likely N-dealkylation sites (tertiary alicyclic amines) is 1. The van der Waals surface area contributed by atoms with E-state index in [1.807, 2.05) is 6.92 Å². The van der Waals surface area contributed by atoms with Gasteiger partial charge < -0.3 is 18.9 Å². The van der Waals surface area contributed by atoms with Crippen LogP contribution in [0.5, 0.6) is 5.75 Å². The van der Waals surface area contributed by atoms with Crippen LogP contribution in [0, 0.1) is 6.92 Å². The molecule has 1 unspecified atom stereocenters. The molecule has 1 saturated heterocycles. The van der Waals surface area contributed by atoms with Crippen LogP contribution in [0.3, 0.4) is 0 Å². The van der Waals surface area contributed by atoms with Crippen molar-refractivity contribution in [1.82, 2.24) is 4.90 Å². The van der Waals surface area contributed by atoms with Crippen molar-refractivity contribution in [3.63, 3.8) is 0 Å². The van der Waals surface area contributed by atoms with Gasteiger partial charge in [-0.3, -0.25) is 0 Å². The number of amides is 1. The van der Waals surface area contributed by atoms with Gasteiger partial charge >= 0.3 is 6.09 Å². The molecular weight excluding hydrogens is 294 g/mol. The summed E-state index contributed by atoms with van der Waals surface area (Å²) in [5.41, 5.74) is 0.857. The highest BCUT2D eigenvalue weighted by atomic mass is 32.2. The Balaban J connectivity index is 1.79. The van der Waals surface area contributed by atoms with Gasteiger partial charge in [-0.25, -0.2) is 9.00 Å². The minimum absolute atomic E-state index is 0.154. The number of hydrogen-bond donors (Lipinski definition) is 1. The maximum atomic E-state index is 11.6. The largest absolute Gasteiger partial charge is 0.490 e. The van der Waals surface area contributed by atoms with Gasteiger partial charge in [0.2, 0.25) is 0 Å². The van der Waals surface area contributed by atoms with E-state index in [2.05, 4.69) is 0 Å². The molecule has 0 spiro atoms. The Hall–Kier alpha value is -1.60. The van der Waals surface area contributed by atoms with Gasteiger partial charge in [0, 0.05) is 13.1 Å². The monoisotopic (exact) mass is 313 g/mol. The van der Waals surface area contributed by atoms with Gasteiger partial charge in [-0.1, -0.05) is 6.07 Å². The van der Waals surface area contributed by atoms with E-state index in [0.29, 0.717) is 5.75 Å². The number of carbonyl (C=O) groups excluding carboxylic acids is 1. The predicted molar refractivity (Wildman–Crippen MR) is 77.9 cm³/mol. The molecule has 2 rings (SSSR count). The number of rotatable bonds is 5. The maximum absolute atomic E-state index is 11.6. The van der Waals surface area contributed by atoms with Crippen molar-refractivity contribution < 1.29 is 23.0 Å². The zero-order chi connectivity index (χ0) is 15.2. The highest BCUT2D eigenvalue weighted by Gasteiger charge is 2.18. The molecule has 1 aliphatic rings. The average Bonchev–Trinajstić information content (AvgIpc) is 2.99. The summed E-state index contributed by atoms with van der Waals surface area (Å²) in [5, 5.41) is 0. The lowest BCUT2D eigenvalue weighted by Gasteiger charge is -2.15. The summed E-state index contributed by atoms with van der Waals surface area (Å²) in [5.74, 6) is 0.520. The van der Waals surface area contributed by atoms with Crippen molar-refractivity contribution in [2.75, 3.05) is 26.3 Å². The van der Waals surface area contributed by atoms with E-state index in [4.69, 9.17) is 14.0 Å². The molecule has 0 radical (unpaired) electrons. The zero-order valence-corrected chi connectivity index (χ0v) is 12.7. The van der Waals surface area contributed by atoms with Crippen molar-refractivity contribution in [1.29, 1.82) is 0 Å². The molecule has 6 nitrogen and oxygen atoms in total. The number of hydrogen-bond acceptors (Lipinski definition) is 4. The quantitative estimate of drug-likeness (QED) is 0.666. The number of aryl methyl sites for hydroxylation is 1. The smallest absolute Gasteiger partial charge is 0.409 e. The lowest BCUT2D eigenvalue weighted by atomic mass is 10.2. The van der Waals surface area contributed by atoms with E-state index in [9.17, 15) is 9.00 Å². The lowest BCUT2D eigenvalue weighted by molar-refractivity contribution is 0.0949. The van der Waals surface area contributed by atoms with Crippen LogP contribution in [0.2, 0.25) is 0 Å². The van der Waals surface area contributed by atoms with Gasteiger partial charge in [-0.15, -0.1) is 0 Å². The van der Waals surface area contributed by atoms with Gasteiger partial charge in [0.05, 0.1) is 4.90 Å². The van der Waals surface area contributed by atoms with E-state index in [1.54, 1.807) is 17.0 Å². The molecule has 1 aliphatic heterocycles. The molecule has 1 N–H and O–H groups in total. The van der Waals surface area contributed by atoms with Gasteiger partial charge in [-0.05, 0) is 37.5 Å². The summed E-state index contributed by atoms with van der Waals surface area (Å²) in [6.07, 6.45) is 1.74. The first kappa shape index (κ1) is 15.8. The molecule has 0 aromatic heterocycles. The van der Waals surface area contributed by atoms with Crippen molar-refractivity contribution >= 4 is 17.2 Å². The lowest BCUT2D eigenvalue weighted by Crippen LogP contribution is -2.29. The fraction of sp³-hybridized carbons (Fsp3) is 0.500. The van der Waals surface area contributed by atoms with Crippen LogP contribution in [0.4, 0.5) is 4.79 Å². The fourth-order valence-electron chi connectivity index (χ4n) is 2.12. The van der Waals surface area contributed by atoms with E-state index in [0.717, 1.165) is 31.5 Å². The van der Waals surface area contributed by atoms with E-state index in [-0.39, 0.29) is 24.2 Å².